The van der Waals surface area contributed by atoms with Crippen molar-refractivity contribution in [1.82, 2.24) is 0 Å². The van der Waals surface area contributed by atoms with Gasteiger partial charge in [-0.3, -0.25) is 14.8 Å². The second-order valence-corrected chi connectivity index (χ2v) is 8.64. The van der Waals surface area contributed by atoms with Crippen molar-refractivity contribution in [2.75, 3.05) is 29.6 Å². The van der Waals surface area contributed by atoms with Crippen LogP contribution in [0.3, 0.4) is 0 Å². The van der Waals surface area contributed by atoms with Crippen molar-refractivity contribution in [3.63, 3.8) is 0 Å². The number of rotatable bonds is 8. The molecule has 172 valence electrons. The van der Waals surface area contributed by atoms with Gasteiger partial charge in [0.15, 0.2) is 5.11 Å². The van der Waals surface area contributed by atoms with E-state index in [0.717, 1.165) is 0 Å². The minimum atomic E-state index is -3.84. The number of para-hydroxylation sites is 2. The molecule has 10 nitrogen and oxygen atoms in total. The second-order valence-electron chi connectivity index (χ2n) is 6.55. The Balaban J connectivity index is 1.69. The van der Waals surface area contributed by atoms with Crippen molar-refractivity contribution in [2.45, 2.75) is 4.90 Å². The molecule has 0 saturated carbocycles. The third-order valence-electron chi connectivity index (χ3n) is 4.42. The summed E-state index contributed by atoms with van der Waals surface area (Å²) >= 11 is 5.27. The largest absolute Gasteiger partial charge is 0.495 e. The van der Waals surface area contributed by atoms with Gasteiger partial charge in [0.1, 0.15) is 11.5 Å². The van der Waals surface area contributed by atoms with Crippen LogP contribution >= 0.6 is 12.2 Å². The molecule has 0 unspecified atom stereocenters. The Kier molecular flexibility index (Phi) is 7.30. The number of sulfonamides is 1. The van der Waals surface area contributed by atoms with Crippen molar-refractivity contribution in [1.29, 1.82) is 0 Å². The molecule has 3 aromatic rings. The molecule has 0 heterocycles. The van der Waals surface area contributed by atoms with Gasteiger partial charge in [0.2, 0.25) is 0 Å². The first-order valence-electron chi connectivity index (χ1n) is 9.40. The molecule has 12 heteroatoms. The highest BCUT2D eigenvalue weighted by molar-refractivity contribution is 7.92. The smallest absolute Gasteiger partial charge is 0.273 e. The third-order valence-corrected chi connectivity index (χ3v) is 6.00. The van der Waals surface area contributed by atoms with E-state index in [0.29, 0.717) is 22.8 Å². The molecular formula is C21H20N4O6S2. The Morgan fingerprint density at radius 2 is 1.58 bits per heavy atom. The monoisotopic (exact) mass is 488 g/mol. The van der Waals surface area contributed by atoms with Crippen LogP contribution < -0.4 is 24.8 Å². The molecular weight excluding hydrogens is 468 g/mol. The molecule has 0 amide bonds. The number of nitro groups is 1. The average molecular weight is 489 g/mol. The quantitative estimate of drug-likeness (QED) is 0.242. The van der Waals surface area contributed by atoms with E-state index in [-0.39, 0.29) is 21.4 Å². The predicted molar refractivity (Wildman–Crippen MR) is 130 cm³/mol. The van der Waals surface area contributed by atoms with Crippen LogP contribution in [0.15, 0.2) is 71.6 Å². The molecule has 0 radical (unpaired) electrons. The number of nitrogens with one attached hydrogen (secondary N) is 3. The molecule has 0 spiro atoms. The number of nitrogens with zero attached hydrogens (tertiary/aromatic N) is 1. The summed E-state index contributed by atoms with van der Waals surface area (Å²) in [5.74, 6) is 0.648. The number of anilines is 3. The summed E-state index contributed by atoms with van der Waals surface area (Å²) < 4.78 is 38.2. The highest BCUT2D eigenvalue weighted by Gasteiger charge is 2.17. The molecule has 0 aliphatic rings. The van der Waals surface area contributed by atoms with Gasteiger partial charge in [-0.25, -0.2) is 8.42 Å². The summed E-state index contributed by atoms with van der Waals surface area (Å²) in [4.78, 5) is 10.4. The lowest BCUT2D eigenvalue weighted by atomic mass is 10.2. The Morgan fingerprint density at radius 1 is 0.909 bits per heavy atom. The maximum absolute atomic E-state index is 12.7. The van der Waals surface area contributed by atoms with Crippen molar-refractivity contribution < 1.29 is 22.8 Å². The van der Waals surface area contributed by atoms with Crippen molar-refractivity contribution >= 4 is 50.1 Å². The van der Waals surface area contributed by atoms with Crippen molar-refractivity contribution in [3.05, 3.63) is 76.8 Å². The zero-order valence-corrected chi connectivity index (χ0v) is 19.2. The van der Waals surface area contributed by atoms with Crippen LogP contribution in [0.1, 0.15) is 0 Å². The van der Waals surface area contributed by atoms with E-state index in [2.05, 4.69) is 15.4 Å². The van der Waals surface area contributed by atoms with Gasteiger partial charge in [0.05, 0.1) is 41.5 Å². The normalized spacial score (nSPS) is 10.7. The van der Waals surface area contributed by atoms with E-state index in [4.69, 9.17) is 21.7 Å². The Morgan fingerprint density at radius 3 is 2.21 bits per heavy atom. The van der Waals surface area contributed by atoms with Crippen LogP contribution in [0.4, 0.5) is 22.7 Å². The number of nitro benzene ring substituents is 1. The fourth-order valence-electron chi connectivity index (χ4n) is 2.83. The summed E-state index contributed by atoms with van der Waals surface area (Å²) in [6.45, 7) is 0. The molecule has 0 saturated heterocycles. The summed E-state index contributed by atoms with van der Waals surface area (Å²) in [5.41, 5.74) is 1.17. The number of non-ortho nitro benzene ring substituents is 1. The molecule has 0 atom stereocenters. The van der Waals surface area contributed by atoms with Gasteiger partial charge in [-0.2, -0.15) is 0 Å². The van der Waals surface area contributed by atoms with Gasteiger partial charge in [0.25, 0.3) is 15.7 Å². The Labute approximate surface area is 195 Å². The number of ether oxygens (including phenoxy) is 2. The molecule has 33 heavy (non-hydrogen) atoms. The highest BCUT2D eigenvalue weighted by Crippen LogP contribution is 2.29. The lowest BCUT2D eigenvalue weighted by Gasteiger charge is -2.14. The maximum Gasteiger partial charge on any atom is 0.273 e. The molecule has 3 rings (SSSR count). The fourth-order valence-corrected chi connectivity index (χ4v) is 4.13. The first-order valence-corrected chi connectivity index (χ1v) is 11.3. The summed E-state index contributed by atoms with van der Waals surface area (Å²) in [6, 6.07) is 16.7. The van der Waals surface area contributed by atoms with Gasteiger partial charge in [-0.1, -0.05) is 12.1 Å². The molecule has 0 fully saturated rings. The zero-order chi connectivity index (χ0) is 24.0. The Bertz CT molecular complexity index is 1280. The number of hydrogen-bond donors (Lipinski definition) is 3. The standard InChI is InChI=1S/C21H20N4O6S2/c1-30-19-6-4-3-5-18(19)24-33(28,29)16-10-7-14(8-11-16)22-21(32)23-17-12-9-15(25(26)27)13-20(17)31-2/h3-13,24H,1-2H3,(H2,22,23,32). The van der Waals surface area contributed by atoms with Crippen LogP contribution in [0.5, 0.6) is 11.5 Å². The minimum Gasteiger partial charge on any atom is -0.495 e. The SMILES string of the molecule is COc1cc([N+](=O)[O-])ccc1NC(=S)Nc1ccc(S(=O)(=O)Nc2ccccc2OC)cc1. The first kappa shape index (κ1) is 23.8. The summed E-state index contributed by atoms with van der Waals surface area (Å²) in [6.07, 6.45) is 0. The van der Waals surface area contributed by atoms with Gasteiger partial charge in [0, 0.05) is 11.8 Å². The maximum atomic E-state index is 12.7. The van der Waals surface area contributed by atoms with E-state index in [1.165, 1.54) is 44.6 Å². The molecule has 3 aromatic carbocycles. The first-order chi connectivity index (χ1) is 15.7. The van der Waals surface area contributed by atoms with Crippen LogP contribution in [0.2, 0.25) is 0 Å². The molecule has 3 N–H and O–H groups in total. The topological polar surface area (TPSA) is 132 Å². The minimum absolute atomic E-state index is 0.0508. The third kappa shape index (κ3) is 5.87. The second kappa shape index (κ2) is 10.1. The molecule has 0 aliphatic heterocycles. The number of hydrogen-bond acceptors (Lipinski definition) is 7. The fraction of sp³-hybridized carbons (Fsp3) is 0.0952. The summed E-state index contributed by atoms with van der Waals surface area (Å²) in [5, 5.41) is 16.9. The van der Waals surface area contributed by atoms with E-state index < -0.39 is 14.9 Å². The van der Waals surface area contributed by atoms with E-state index >= 15 is 0 Å². The molecule has 0 bridgehead atoms. The van der Waals surface area contributed by atoms with Crippen LogP contribution in [0.25, 0.3) is 0 Å². The molecule has 0 aliphatic carbocycles. The lowest BCUT2D eigenvalue weighted by molar-refractivity contribution is -0.384. The number of methoxy groups -OCH3 is 2. The summed E-state index contributed by atoms with van der Waals surface area (Å²) in [7, 11) is -0.995. The predicted octanol–water partition coefficient (Wildman–Crippen LogP) is 4.22. The lowest BCUT2D eigenvalue weighted by Crippen LogP contribution is -2.19. The number of thiocarbonyl (C=S) groups is 1. The van der Waals surface area contributed by atoms with Gasteiger partial charge >= 0.3 is 0 Å². The van der Waals surface area contributed by atoms with E-state index in [1.54, 1.807) is 36.4 Å². The van der Waals surface area contributed by atoms with Gasteiger partial charge < -0.3 is 20.1 Å². The van der Waals surface area contributed by atoms with Gasteiger partial charge in [-0.15, -0.1) is 0 Å². The Hall–Kier alpha value is -3.90. The van der Waals surface area contributed by atoms with Gasteiger partial charge in [-0.05, 0) is 54.7 Å². The zero-order valence-electron chi connectivity index (χ0n) is 17.6. The highest BCUT2D eigenvalue weighted by atomic mass is 32.2. The van der Waals surface area contributed by atoms with Crippen LogP contribution in [-0.2, 0) is 10.0 Å². The number of benzene rings is 3. The van der Waals surface area contributed by atoms with Crippen LogP contribution in [-0.4, -0.2) is 32.7 Å². The molecule has 0 aromatic heterocycles. The van der Waals surface area contributed by atoms with Crippen LogP contribution in [0, 0.1) is 10.1 Å². The average Bonchev–Trinajstić information content (AvgIpc) is 2.79. The van der Waals surface area contributed by atoms with E-state index in [1.807, 2.05) is 0 Å². The van der Waals surface area contributed by atoms with Crippen molar-refractivity contribution in [2.24, 2.45) is 0 Å². The van der Waals surface area contributed by atoms with Crippen molar-refractivity contribution in [3.8, 4) is 11.5 Å². The van der Waals surface area contributed by atoms with E-state index in [9.17, 15) is 18.5 Å².